The van der Waals surface area contributed by atoms with Crippen molar-refractivity contribution in [1.82, 2.24) is 0 Å². The highest BCUT2D eigenvalue weighted by Gasteiger charge is 2.37. The number of fused-ring (bicyclic) bond motifs is 1. The van der Waals surface area contributed by atoms with Crippen molar-refractivity contribution in [3.8, 4) is 0 Å². The zero-order chi connectivity index (χ0) is 21.1. The summed E-state index contributed by atoms with van der Waals surface area (Å²) in [5.74, 6) is 1.30. The van der Waals surface area contributed by atoms with Crippen LogP contribution < -0.4 is 0 Å². The largest absolute Gasteiger partial charge is 0.289 e. The molecule has 0 aromatic carbocycles. The van der Waals surface area contributed by atoms with E-state index in [0.29, 0.717) is 17.8 Å². The molecule has 0 spiro atoms. The highest BCUT2D eigenvalue weighted by Crippen LogP contribution is 2.42. The smallest absolute Gasteiger partial charge is 0.0732 e. The first-order valence-corrected chi connectivity index (χ1v) is 11.2. The van der Waals surface area contributed by atoms with Crippen molar-refractivity contribution in [2.45, 2.75) is 81.2 Å². The molecule has 2 heterocycles. The Kier molecular flexibility index (Phi) is 7.28. The van der Waals surface area contributed by atoms with E-state index >= 15 is 0 Å². The number of hydrogen-bond acceptors (Lipinski definition) is 2. The van der Waals surface area contributed by atoms with Gasteiger partial charge in [-0.15, -0.1) is 0 Å². The maximum Gasteiger partial charge on any atom is 0.0732 e. The molecule has 0 fully saturated rings. The molecule has 5 unspecified atom stereocenters. The van der Waals surface area contributed by atoms with E-state index < -0.39 is 0 Å². The summed E-state index contributed by atoms with van der Waals surface area (Å²) in [6.07, 6.45) is 14.1. The van der Waals surface area contributed by atoms with Crippen molar-refractivity contribution < 1.29 is 0 Å². The lowest BCUT2D eigenvalue weighted by Gasteiger charge is -2.39. The van der Waals surface area contributed by atoms with Crippen molar-refractivity contribution in [2.75, 3.05) is 6.54 Å². The molecule has 0 radical (unpaired) electrons. The van der Waals surface area contributed by atoms with E-state index in [4.69, 9.17) is 9.98 Å². The Morgan fingerprint density at radius 3 is 2.46 bits per heavy atom. The van der Waals surface area contributed by atoms with Crippen molar-refractivity contribution in [3.63, 3.8) is 0 Å². The molecule has 5 atom stereocenters. The molecule has 156 valence electrons. The highest BCUT2D eigenvalue weighted by molar-refractivity contribution is 6.04. The predicted octanol–water partition coefficient (Wildman–Crippen LogP) is 7.08. The van der Waals surface area contributed by atoms with Gasteiger partial charge in [0.25, 0.3) is 0 Å². The first kappa shape index (κ1) is 22.8. The van der Waals surface area contributed by atoms with Gasteiger partial charge in [0.15, 0.2) is 0 Å². The number of hydrogen-bond donors (Lipinski definition) is 0. The fraction of sp³-hybridized carbons (Fsp3) is 0.692. The minimum Gasteiger partial charge on any atom is -0.289 e. The van der Waals surface area contributed by atoms with Crippen LogP contribution in [0.15, 0.2) is 45.4 Å². The van der Waals surface area contributed by atoms with Gasteiger partial charge in [0.1, 0.15) is 0 Å². The van der Waals surface area contributed by atoms with Gasteiger partial charge in [0, 0.05) is 23.3 Å². The van der Waals surface area contributed by atoms with Gasteiger partial charge in [-0.05, 0) is 48.2 Å². The van der Waals surface area contributed by atoms with Crippen LogP contribution >= 0.6 is 0 Å². The number of nitrogens with zero attached hydrogens (tertiary/aromatic N) is 2. The SMILES string of the molecule is CCC(C)C1=CC(C)/C=C2\C(=NC1)C(C)/C=C\C(C)(C(C)(C)CC)C=NC2C. The molecular formula is C26H42N2. The van der Waals surface area contributed by atoms with Gasteiger partial charge >= 0.3 is 0 Å². The minimum atomic E-state index is -0.0588. The Labute approximate surface area is 174 Å². The Balaban J connectivity index is 2.55. The molecule has 0 aromatic rings. The molecule has 2 heteroatoms. The second kappa shape index (κ2) is 8.93. The van der Waals surface area contributed by atoms with Gasteiger partial charge < -0.3 is 0 Å². The van der Waals surface area contributed by atoms with Crippen molar-refractivity contribution in [3.05, 3.63) is 35.5 Å². The van der Waals surface area contributed by atoms with Crippen LogP contribution in [-0.2, 0) is 0 Å². The topological polar surface area (TPSA) is 24.7 Å². The molecule has 2 nitrogen and oxygen atoms in total. The van der Waals surface area contributed by atoms with Crippen LogP contribution in [0.3, 0.4) is 0 Å². The zero-order valence-electron chi connectivity index (χ0n) is 19.7. The molecule has 0 aliphatic carbocycles. The van der Waals surface area contributed by atoms with Crippen LogP contribution in [0, 0.1) is 28.6 Å². The third-order valence-electron chi connectivity index (χ3n) is 7.41. The van der Waals surface area contributed by atoms with Gasteiger partial charge in [0.2, 0.25) is 0 Å². The summed E-state index contributed by atoms with van der Waals surface area (Å²) in [6, 6.07) is 0.133. The van der Waals surface area contributed by atoms with Gasteiger partial charge in [-0.25, -0.2) is 0 Å². The first-order chi connectivity index (χ1) is 13.0. The standard InChI is InChI=1S/C26H42N2/c1-10-19(4)22-14-18(3)15-23-21(6)28-17-26(9,25(7,8)11-2)13-12-20(5)24(23)27-16-22/h12-15,17-21H,10-11,16H2,1-9H3/b13-12-,22-14?,23-15-,27-24?,28-17?. The zero-order valence-corrected chi connectivity index (χ0v) is 19.7. The van der Waals surface area contributed by atoms with Gasteiger partial charge in [-0.2, -0.15) is 0 Å². The summed E-state index contributed by atoms with van der Waals surface area (Å²) >= 11 is 0. The van der Waals surface area contributed by atoms with E-state index in [1.807, 2.05) is 0 Å². The van der Waals surface area contributed by atoms with Gasteiger partial charge in [0.05, 0.1) is 12.6 Å². The van der Waals surface area contributed by atoms with Crippen LogP contribution in [0.25, 0.3) is 0 Å². The number of aliphatic imine (C=N–C) groups is 2. The lowest BCUT2D eigenvalue weighted by molar-refractivity contribution is 0.214. The summed E-state index contributed by atoms with van der Waals surface area (Å²) in [7, 11) is 0. The van der Waals surface area contributed by atoms with Crippen LogP contribution in [0.2, 0.25) is 0 Å². The lowest BCUT2D eigenvalue weighted by Crippen LogP contribution is -2.34. The summed E-state index contributed by atoms with van der Waals surface area (Å²) in [5.41, 5.74) is 4.10. The molecule has 28 heavy (non-hydrogen) atoms. The summed E-state index contributed by atoms with van der Waals surface area (Å²) in [4.78, 5) is 10.2. The monoisotopic (exact) mass is 382 g/mol. The second-order valence-electron chi connectivity index (χ2n) is 9.86. The molecule has 2 aliphatic heterocycles. The number of allylic oxidation sites excluding steroid dienone is 4. The predicted molar refractivity (Wildman–Crippen MR) is 126 cm³/mol. The van der Waals surface area contributed by atoms with Crippen LogP contribution in [0.5, 0.6) is 0 Å². The van der Waals surface area contributed by atoms with E-state index in [0.717, 1.165) is 13.0 Å². The molecule has 0 saturated carbocycles. The van der Waals surface area contributed by atoms with Crippen molar-refractivity contribution in [1.29, 1.82) is 0 Å². The number of rotatable bonds is 4. The van der Waals surface area contributed by atoms with Crippen LogP contribution in [0.4, 0.5) is 0 Å². The Hall–Kier alpha value is -1.44. The minimum absolute atomic E-state index is 0.0588. The highest BCUT2D eigenvalue weighted by atomic mass is 14.8. The molecule has 0 amide bonds. The normalized spacial score (nSPS) is 35.6. The third-order valence-corrected chi connectivity index (χ3v) is 7.41. The summed E-state index contributed by atoms with van der Waals surface area (Å²) in [5, 5.41) is 0. The summed E-state index contributed by atoms with van der Waals surface area (Å²) in [6.45, 7) is 21.5. The summed E-state index contributed by atoms with van der Waals surface area (Å²) < 4.78 is 0. The Bertz CT molecular complexity index is 704. The van der Waals surface area contributed by atoms with Crippen LogP contribution in [0.1, 0.15) is 75.2 Å². The van der Waals surface area contributed by atoms with Gasteiger partial charge in [-0.1, -0.05) is 79.7 Å². The first-order valence-electron chi connectivity index (χ1n) is 11.2. The van der Waals surface area contributed by atoms with E-state index in [1.165, 1.54) is 23.3 Å². The maximum absolute atomic E-state index is 5.15. The Morgan fingerprint density at radius 2 is 1.86 bits per heavy atom. The second-order valence-corrected chi connectivity index (χ2v) is 9.86. The molecule has 2 aliphatic rings. The maximum atomic E-state index is 5.15. The average Bonchev–Trinajstić information content (AvgIpc) is 2.69. The van der Waals surface area contributed by atoms with Crippen molar-refractivity contribution in [2.24, 2.45) is 38.6 Å². The fourth-order valence-electron chi connectivity index (χ4n) is 4.02. The lowest BCUT2D eigenvalue weighted by atomic mass is 9.65. The molecular weight excluding hydrogens is 340 g/mol. The van der Waals surface area contributed by atoms with E-state index in [-0.39, 0.29) is 16.9 Å². The fourth-order valence-corrected chi connectivity index (χ4v) is 4.02. The molecule has 0 N–H and O–H groups in total. The molecule has 0 bridgehead atoms. The molecule has 2 rings (SSSR count). The van der Waals surface area contributed by atoms with E-state index in [2.05, 4.69) is 92.8 Å². The third kappa shape index (κ3) is 4.75. The van der Waals surface area contributed by atoms with Crippen LogP contribution in [-0.4, -0.2) is 24.5 Å². The average molecular weight is 383 g/mol. The van der Waals surface area contributed by atoms with E-state index in [9.17, 15) is 0 Å². The van der Waals surface area contributed by atoms with Crippen molar-refractivity contribution >= 4 is 11.9 Å². The van der Waals surface area contributed by atoms with E-state index in [1.54, 1.807) is 0 Å². The van der Waals surface area contributed by atoms with Gasteiger partial charge in [-0.3, -0.25) is 9.98 Å². The molecule has 0 saturated heterocycles. The quantitative estimate of drug-likeness (QED) is 0.464. The molecule has 0 aromatic heterocycles. The Morgan fingerprint density at radius 1 is 1.18 bits per heavy atom.